The fourth-order valence-electron chi connectivity index (χ4n) is 3.90. The standard InChI is InChI=1S/C27H21F3O10S/c28-27(29,30)41(35,36)26(34)21(39-23(32)18-12-6-2-7-13-18)20(16-37-22(31)17-10-4-1-5-11-17)38-25(26)40-24(33)19-14-8-3-9-15-19/h1-15,20-21,25,34H,16H2/t20-,21-,25-,26+/m1/s1. The molecule has 0 spiro atoms. The lowest BCUT2D eigenvalue weighted by Crippen LogP contribution is -2.61. The summed E-state index contributed by atoms with van der Waals surface area (Å²) in [6.07, 6.45) is -7.58. The van der Waals surface area contributed by atoms with Crippen LogP contribution in [0.1, 0.15) is 31.1 Å². The van der Waals surface area contributed by atoms with E-state index in [4.69, 9.17) is 18.9 Å². The summed E-state index contributed by atoms with van der Waals surface area (Å²) >= 11 is 0. The van der Waals surface area contributed by atoms with Gasteiger partial charge in [0.15, 0.2) is 6.10 Å². The summed E-state index contributed by atoms with van der Waals surface area (Å²) < 4.78 is 87.6. The molecule has 3 aromatic rings. The van der Waals surface area contributed by atoms with Crippen LogP contribution in [0.2, 0.25) is 0 Å². The predicted octanol–water partition coefficient (Wildman–Crippen LogP) is 3.27. The zero-order valence-corrected chi connectivity index (χ0v) is 21.6. The second-order valence-corrected chi connectivity index (χ2v) is 10.8. The molecule has 0 aromatic heterocycles. The quantitative estimate of drug-likeness (QED) is 0.305. The van der Waals surface area contributed by atoms with Crippen molar-refractivity contribution < 1.29 is 60.0 Å². The fourth-order valence-corrected chi connectivity index (χ4v) is 5.14. The number of carbonyl (C=O) groups excluding carboxylic acids is 3. The van der Waals surface area contributed by atoms with E-state index in [2.05, 4.69) is 0 Å². The van der Waals surface area contributed by atoms with Gasteiger partial charge >= 0.3 is 23.4 Å². The van der Waals surface area contributed by atoms with Crippen molar-refractivity contribution in [2.75, 3.05) is 6.61 Å². The molecule has 1 N–H and O–H groups in total. The van der Waals surface area contributed by atoms with Crippen molar-refractivity contribution in [3.63, 3.8) is 0 Å². The van der Waals surface area contributed by atoms with Crippen molar-refractivity contribution in [3.05, 3.63) is 108 Å². The van der Waals surface area contributed by atoms with Gasteiger partial charge in [0.2, 0.25) is 0 Å². The predicted molar refractivity (Wildman–Crippen MR) is 133 cm³/mol. The lowest BCUT2D eigenvalue weighted by atomic mass is 10.1. The van der Waals surface area contributed by atoms with Crippen molar-refractivity contribution in [1.29, 1.82) is 0 Å². The Morgan fingerprint density at radius 1 is 0.756 bits per heavy atom. The molecule has 4 rings (SSSR count). The van der Waals surface area contributed by atoms with Crippen LogP contribution in [0, 0.1) is 0 Å². The van der Waals surface area contributed by atoms with Gasteiger partial charge in [0.25, 0.3) is 21.1 Å². The van der Waals surface area contributed by atoms with Gasteiger partial charge in [-0.2, -0.15) is 13.2 Å². The van der Waals surface area contributed by atoms with E-state index in [9.17, 15) is 41.1 Å². The van der Waals surface area contributed by atoms with Crippen molar-refractivity contribution in [1.82, 2.24) is 0 Å². The van der Waals surface area contributed by atoms with Crippen LogP contribution in [-0.2, 0) is 28.8 Å². The summed E-state index contributed by atoms with van der Waals surface area (Å²) in [4.78, 5) is 33.8. The molecule has 0 aliphatic carbocycles. The lowest BCUT2D eigenvalue weighted by molar-refractivity contribution is -0.156. The number of hydrogen-bond acceptors (Lipinski definition) is 10. The molecule has 10 nitrogen and oxygen atoms in total. The molecule has 1 saturated heterocycles. The van der Waals surface area contributed by atoms with E-state index in [1.807, 2.05) is 0 Å². The van der Waals surface area contributed by atoms with Gasteiger partial charge < -0.3 is 24.1 Å². The first-order valence-corrected chi connectivity index (χ1v) is 13.3. The number of sulfone groups is 1. The van der Waals surface area contributed by atoms with Gasteiger partial charge in [0.1, 0.15) is 12.7 Å². The Morgan fingerprint density at radius 2 is 1.17 bits per heavy atom. The molecule has 1 fully saturated rings. The minimum Gasteiger partial charge on any atom is -0.459 e. The van der Waals surface area contributed by atoms with Gasteiger partial charge in [-0.3, -0.25) is 0 Å². The molecule has 0 unspecified atom stereocenters. The van der Waals surface area contributed by atoms with Gasteiger partial charge in [-0.1, -0.05) is 54.6 Å². The SMILES string of the molecule is O=C(OC[C@H]1O[C@H](OC(=O)c2ccccc2)[C@@](O)(S(=O)(=O)C(F)(F)F)[C@@H]1OC(=O)c1ccccc1)c1ccccc1. The maximum absolute atomic E-state index is 13.9. The minimum atomic E-state index is -6.72. The van der Waals surface area contributed by atoms with Gasteiger partial charge in [-0.05, 0) is 36.4 Å². The Labute approximate surface area is 231 Å². The molecule has 0 amide bonds. The fraction of sp³-hybridized carbons (Fsp3) is 0.222. The summed E-state index contributed by atoms with van der Waals surface area (Å²) in [5, 5.41) is 11.3. The number of halogens is 3. The van der Waals surface area contributed by atoms with Crippen molar-refractivity contribution in [3.8, 4) is 0 Å². The molecule has 0 radical (unpaired) electrons. The largest absolute Gasteiger partial charge is 0.500 e. The average molecular weight is 595 g/mol. The van der Waals surface area contributed by atoms with Gasteiger partial charge in [0, 0.05) is 0 Å². The third-order valence-electron chi connectivity index (χ3n) is 5.97. The van der Waals surface area contributed by atoms with Crippen LogP contribution in [0.25, 0.3) is 0 Å². The first-order valence-electron chi connectivity index (χ1n) is 11.8. The Kier molecular flexibility index (Phi) is 8.47. The smallest absolute Gasteiger partial charge is 0.459 e. The Balaban J connectivity index is 1.74. The zero-order valence-electron chi connectivity index (χ0n) is 20.8. The van der Waals surface area contributed by atoms with Crippen LogP contribution in [0.5, 0.6) is 0 Å². The van der Waals surface area contributed by atoms with Crippen molar-refractivity contribution in [2.24, 2.45) is 0 Å². The molecule has 41 heavy (non-hydrogen) atoms. The molecule has 0 saturated carbocycles. The van der Waals surface area contributed by atoms with Crippen LogP contribution in [-0.4, -0.2) is 67.0 Å². The summed E-state index contributed by atoms with van der Waals surface area (Å²) in [5.41, 5.74) is -6.55. The van der Waals surface area contributed by atoms with E-state index >= 15 is 0 Å². The normalized spacial score (nSPS) is 22.5. The topological polar surface area (TPSA) is 142 Å². The van der Waals surface area contributed by atoms with Crippen molar-refractivity contribution >= 4 is 27.7 Å². The van der Waals surface area contributed by atoms with Gasteiger partial charge in [0.05, 0.1) is 16.7 Å². The highest BCUT2D eigenvalue weighted by molar-refractivity contribution is 7.93. The second-order valence-electron chi connectivity index (χ2n) is 8.64. The lowest BCUT2D eigenvalue weighted by Gasteiger charge is -2.32. The Hall–Kier alpha value is -4.27. The molecular weight excluding hydrogens is 573 g/mol. The van der Waals surface area contributed by atoms with Crippen LogP contribution in [0.4, 0.5) is 13.2 Å². The van der Waals surface area contributed by atoms with Crippen LogP contribution < -0.4 is 0 Å². The summed E-state index contributed by atoms with van der Waals surface area (Å²) in [5.74, 6) is -3.69. The highest BCUT2D eigenvalue weighted by atomic mass is 32.2. The number of rotatable bonds is 8. The monoisotopic (exact) mass is 594 g/mol. The van der Waals surface area contributed by atoms with E-state index in [1.54, 1.807) is 6.07 Å². The first-order chi connectivity index (χ1) is 19.4. The van der Waals surface area contributed by atoms with Crippen molar-refractivity contribution in [2.45, 2.75) is 28.9 Å². The molecule has 4 atom stereocenters. The van der Waals surface area contributed by atoms with E-state index in [-0.39, 0.29) is 16.7 Å². The van der Waals surface area contributed by atoms with Gasteiger partial charge in [-0.25, -0.2) is 22.8 Å². The number of ether oxygens (including phenoxy) is 4. The Bertz CT molecular complexity index is 1500. The molecule has 1 aliphatic rings. The Morgan fingerprint density at radius 3 is 1.61 bits per heavy atom. The maximum atomic E-state index is 13.9. The number of benzene rings is 3. The second kappa shape index (κ2) is 11.7. The van der Waals surface area contributed by atoms with E-state index in [0.29, 0.717) is 0 Å². The van der Waals surface area contributed by atoms with E-state index in [0.717, 1.165) is 0 Å². The van der Waals surface area contributed by atoms with Crippen LogP contribution in [0.3, 0.4) is 0 Å². The minimum absolute atomic E-state index is 0.0218. The summed E-state index contributed by atoms with van der Waals surface area (Å²) in [7, 11) is -6.72. The summed E-state index contributed by atoms with van der Waals surface area (Å²) in [6, 6.07) is 20.8. The highest BCUT2D eigenvalue weighted by Gasteiger charge is 2.75. The maximum Gasteiger partial charge on any atom is 0.500 e. The number of carbonyl (C=O) groups is 3. The highest BCUT2D eigenvalue weighted by Crippen LogP contribution is 2.45. The molecular formula is C27H21F3O10S. The van der Waals surface area contributed by atoms with E-state index in [1.165, 1.54) is 84.9 Å². The molecule has 1 aliphatic heterocycles. The van der Waals surface area contributed by atoms with Gasteiger partial charge in [-0.15, -0.1) is 0 Å². The van der Waals surface area contributed by atoms with Crippen LogP contribution >= 0.6 is 0 Å². The van der Waals surface area contributed by atoms with E-state index < -0.39 is 63.3 Å². The van der Waals surface area contributed by atoms with Crippen LogP contribution in [0.15, 0.2) is 91.0 Å². The third kappa shape index (κ3) is 5.94. The molecule has 14 heteroatoms. The number of alkyl halides is 3. The first kappa shape index (κ1) is 29.7. The summed E-state index contributed by atoms with van der Waals surface area (Å²) in [6.45, 7) is -1.00. The third-order valence-corrected chi connectivity index (χ3v) is 7.87. The molecule has 0 bridgehead atoms. The number of hydrogen-bond donors (Lipinski definition) is 1. The zero-order chi connectivity index (χ0) is 29.8. The number of esters is 3. The molecule has 1 heterocycles. The number of aliphatic hydroxyl groups is 1. The average Bonchev–Trinajstić information content (AvgIpc) is 3.23. The molecule has 3 aromatic carbocycles. The molecule has 216 valence electrons.